The maximum absolute atomic E-state index is 5.51. The van der Waals surface area contributed by atoms with E-state index in [4.69, 9.17) is 14.5 Å². The van der Waals surface area contributed by atoms with E-state index >= 15 is 0 Å². The predicted octanol–water partition coefficient (Wildman–Crippen LogP) is 2.92. The van der Waals surface area contributed by atoms with E-state index in [0.29, 0.717) is 5.92 Å². The Morgan fingerprint density at radius 1 is 1.00 bits per heavy atom. The number of aliphatic imine (C=N–C) groups is 1. The van der Waals surface area contributed by atoms with E-state index in [1.54, 1.807) is 14.2 Å². The van der Waals surface area contributed by atoms with Crippen molar-refractivity contribution in [2.24, 2.45) is 10.9 Å². The fraction of sp³-hybridized carbons (Fsp3) is 0.708. The molecule has 1 aromatic carbocycles. The Kier molecular flexibility index (Phi) is 11.3. The quantitative estimate of drug-likeness (QED) is 0.301. The number of piperazine rings is 1. The van der Waals surface area contributed by atoms with E-state index in [9.17, 15) is 0 Å². The van der Waals surface area contributed by atoms with Crippen molar-refractivity contribution in [1.82, 2.24) is 20.0 Å². The van der Waals surface area contributed by atoms with Crippen molar-refractivity contribution in [3.8, 4) is 11.5 Å². The third-order valence-corrected chi connectivity index (χ3v) is 6.39. The first kappa shape index (κ1) is 27.0. The third kappa shape index (κ3) is 7.12. The molecule has 1 atom stereocenters. The normalized spacial score (nSPS) is 18.5. The molecule has 0 radical (unpaired) electrons. The summed E-state index contributed by atoms with van der Waals surface area (Å²) in [6, 6.07) is 4.23. The number of nitrogens with one attached hydrogen (secondary N) is 1. The van der Waals surface area contributed by atoms with Crippen LogP contribution in [-0.4, -0.2) is 93.8 Å². The first-order chi connectivity index (χ1) is 15.1. The minimum Gasteiger partial charge on any atom is -0.493 e. The molecule has 1 aromatic rings. The Balaban J connectivity index is 0.00000363. The molecule has 0 saturated carbocycles. The number of fused-ring (bicyclic) bond motifs is 1. The van der Waals surface area contributed by atoms with E-state index in [0.717, 1.165) is 63.1 Å². The Morgan fingerprint density at radius 3 is 2.22 bits per heavy atom. The molecule has 0 aromatic heterocycles. The molecule has 1 fully saturated rings. The van der Waals surface area contributed by atoms with Gasteiger partial charge in [0.05, 0.1) is 14.2 Å². The number of rotatable bonds is 8. The van der Waals surface area contributed by atoms with Gasteiger partial charge in [-0.2, -0.15) is 0 Å². The van der Waals surface area contributed by atoms with Crippen molar-refractivity contribution in [2.45, 2.75) is 33.7 Å². The van der Waals surface area contributed by atoms with Crippen molar-refractivity contribution in [2.75, 3.05) is 73.1 Å². The molecule has 2 heterocycles. The van der Waals surface area contributed by atoms with Crippen LogP contribution in [0.3, 0.4) is 0 Å². The molecule has 182 valence electrons. The molecule has 0 amide bonds. The second kappa shape index (κ2) is 13.4. The number of likely N-dealkylation sites (N-methyl/N-ethyl adjacent to an activating group) is 1. The molecular formula is C24H42IN5O2. The number of ether oxygens (including phenoxy) is 2. The summed E-state index contributed by atoms with van der Waals surface area (Å²) < 4.78 is 11.0. The molecule has 2 aliphatic rings. The van der Waals surface area contributed by atoms with E-state index in [2.05, 4.69) is 52.9 Å². The zero-order valence-corrected chi connectivity index (χ0v) is 22.9. The summed E-state index contributed by atoms with van der Waals surface area (Å²) in [6.45, 7) is 17.3. The number of guanidine groups is 1. The zero-order valence-electron chi connectivity index (χ0n) is 20.5. The smallest absolute Gasteiger partial charge is 0.194 e. The standard InChI is InChI=1S/C24H41N5O2.HI/c1-6-25-24(26-16-19(3)17-28-12-10-27(7-2)11-13-28)29-9-8-20-14-22(30-4)23(31-5)15-21(20)18-29;/h14-15,19H,6-13,16-18H2,1-5H3,(H,25,26);1H. The SMILES string of the molecule is CCNC(=NCC(C)CN1CCN(CC)CC1)N1CCc2cc(OC)c(OC)cc2C1.I. The van der Waals surface area contributed by atoms with Crippen LogP contribution in [0.15, 0.2) is 17.1 Å². The van der Waals surface area contributed by atoms with Crippen molar-refractivity contribution in [3.05, 3.63) is 23.3 Å². The predicted molar refractivity (Wildman–Crippen MR) is 143 cm³/mol. The minimum absolute atomic E-state index is 0. The zero-order chi connectivity index (χ0) is 22.2. The third-order valence-electron chi connectivity index (χ3n) is 6.39. The van der Waals surface area contributed by atoms with Gasteiger partial charge in [-0.3, -0.25) is 4.99 Å². The highest BCUT2D eigenvalue weighted by atomic mass is 127. The van der Waals surface area contributed by atoms with Crippen LogP contribution >= 0.6 is 24.0 Å². The van der Waals surface area contributed by atoms with Crippen molar-refractivity contribution in [1.29, 1.82) is 0 Å². The molecule has 0 bridgehead atoms. The highest BCUT2D eigenvalue weighted by molar-refractivity contribution is 14.0. The molecule has 0 spiro atoms. The second-order valence-electron chi connectivity index (χ2n) is 8.68. The van der Waals surface area contributed by atoms with Crippen molar-refractivity contribution in [3.63, 3.8) is 0 Å². The molecule has 0 aliphatic carbocycles. The maximum atomic E-state index is 5.51. The van der Waals surface area contributed by atoms with E-state index < -0.39 is 0 Å². The molecule has 1 unspecified atom stereocenters. The first-order valence-corrected chi connectivity index (χ1v) is 11.8. The molecular weight excluding hydrogens is 517 g/mol. The highest BCUT2D eigenvalue weighted by Gasteiger charge is 2.22. The Morgan fingerprint density at radius 2 is 1.62 bits per heavy atom. The highest BCUT2D eigenvalue weighted by Crippen LogP contribution is 2.33. The van der Waals surface area contributed by atoms with Gasteiger partial charge in [0.1, 0.15) is 0 Å². The molecule has 1 N–H and O–H groups in total. The summed E-state index contributed by atoms with van der Waals surface area (Å²) >= 11 is 0. The lowest BCUT2D eigenvalue weighted by Gasteiger charge is -2.35. The van der Waals surface area contributed by atoms with Gasteiger partial charge in [-0.25, -0.2) is 0 Å². The van der Waals surface area contributed by atoms with Crippen LogP contribution in [-0.2, 0) is 13.0 Å². The topological polar surface area (TPSA) is 52.6 Å². The van der Waals surface area contributed by atoms with E-state index in [1.165, 1.54) is 37.3 Å². The number of halogens is 1. The number of benzene rings is 1. The summed E-state index contributed by atoms with van der Waals surface area (Å²) in [5, 5.41) is 3.51. The van der Waals surface area contributed by atoms with Gasteiger partial charge in [0.25, 0.3) is 0 Å². The number of nitrogens with zero attached hydrogens (tertiary/aromatic N) is 4. The van der Waals surface area contributed by atoms with E-state index in [1.807, 2.05) is 0 Å². The summed E-state index contributed by atoms with van der Waals surface area (Å²) in [6.07, 6.45) is 0.983. The molecule has 32 heavy (non-hydrogen) atoms. The van der Waals surface area contributed by atoms with Crippen LogP contribution in [0.1, 0.15) is 31.9 Å². The Hall–Kier alpha value is -1.26. The van der Waals surface area contributed by atoms with E-state index in [-0.39, 0.29) is 24.0 Å². The summed E-state index contributed by atoms with van der Waals surface area (Å²) in [5.41, 5.74) is 2.63. The molecule has 7 nitrogen and oxygen atoms in total. The fourth-order valence-electron chi connectivity index (χ4n) is 4.52. The lowest BCUT2D eigenvalue weighted by Crippen LogP contribution is -2.47. The van der Waals surface area contributed by atoms with Crippen LogP contribution in [0.4, 0.5) is 0 Å². The fourth-order valence-corrected chi connectivity index (χ4v) is 4.52. The van der Waals surface area contributed by atoms with Gasteiger partial charge in [-0.15, -0.1) is 24.0 Å². The number of methoxy groups -OCH3 is 2. The minimum atomic E-state index is 0. The maximum Gasteiger partial charge on any atom is 0.194 e. The van der Waals surface area contributed by atoms with Gasteiger partial charge in [0.15, 0.2) is 17.5 Å². The van der Waals surface area contributed by atoms with Crippen LogP contribution in [0, 0.1) is 5.92 Å². The lowest BCUT2D eigenvalue weighted by molar-refractivity contribution is 0.125. The Bertz CT molecular complexity index is 737. The lowest BCUT2D eigenvalue weighted by atomic mass is 9.99. The largest absolute Gasteiger partial charge is 0.493 e. The molecule has 8 heteroatoms. The molecule has 2 aliphatic heterocycles. The van der Waals surface area contributed by atoms with Crippen LogP contribution in [0.5, 0.6) is 11.5 Å². The number of hydrogen-bond acceptors (Lipinski definition) is 5. The molecule has 1 saturated heterocycles. The van der Waals surface area contributed by atoms with Crippen LogP contribution in [0.2, 0.25) is 0 Å². The summed E-state index contributed by atoms with van der Waals surface area (Å²) in [5.74, 6) is 3.17. The van der Waals surface area contributed by atoms with Gasteiger partial charge < -0.3 is 29.5 Å². The second-order valence-corrected chi connectivity index (χ2v) is 8.68. The van der Waals surface area contributed by atoms with Crippen LogP contribution in [0.25, 0.3) is 0 Å². The molecule has 3 rings (SSSR count). The average molecular weight is 560 g/mol. The average Bonchev–Trinajstić information content (AvgIpc) is 2.80. The number of hydrogen-bond donors (Lipinski definition) is 1. The summed E-state index contributed by atoms with van der Waals surface area (Å²) in [7, 11) is 3.39. The van der Waals surface area contributed by atoms with Crippen LogP contribution < -0.4 is 14.8 Å². The summed E-state index contributed by atoms with van der Waals surface area (Å²) in [4.78, 5) is 12.5. The van der Waals surface area contributed by atoms with Gasteiger partial charge in [0.2, 0.25) is 0 Å². The van der Waals surface area contributed by atoms with Crippen molar-refractivity contribution >= 4 is 29.9 Å². The monoisotopic (exact) mass is 559 g/mol. The van der Waals surface area contributed by atoms with Gasteiger partial charge in [-0.1, -0.05) is 13.8 Å². The van der Waals surface area contributed by atoms with Gasteiger partial charge >= 0.3 is 0 Å². The van der Waals surface area contributed by atoms with Gasteiger partial charge in [-0.05, 0) is 49.1 Å². The van der Waals surface area contributed by atoms with Crippen molar-refractivity contribution < 1.29 is 9.47 Å². The first-order valence-electron chi connectivity index (χ1n) is 11.8. The Labute approximate surface area is 211 Å². The van der Waals surface area contributed by atoms with Gasteiger partial charge in [0, 0.05) is 58.9 Å².